The first-order valence-electron chi connectivity index (χ1n) is 37.6. The van der Waals surface area contributed by atoms with Crippen LogP contribution in [0.4, 0.5) is 0 Å². The molecular formula is C71H113N17O27. The summed E-state index contributed by atoms with van der Waals surface area (Å²) in [5.74, 6) is -18.0. The van der Waals surface area contributed by atoms with Crippen molar-refractivity contribution in [3.63, 3.8) is 0 Å². The van der Waals surface area contributed by atoms with Crippen LogP contribution in [0.25, 0.3) is 0 Å². The van der Waals surface area contributed by atoms with Crippen molar-refractivity contribution < 1.29 is 132 Å². The van der Waals surface area contributed by atoms with E-state index in [2.05, 4.69) is 58.5 Å². The normalized spacial score (nSPS) is 19.7. The van der Waals surface area contributed by atoms with Crippen LogP contribution in [0.5, 0.6) is 0 Å². The van der Waals surface area contributed by atoms with E-state index in [4.69, 9.17) is 32.4 Å². The molecule has 0 radical (unpaired) electrons. The lowest BCUT2D eigenvalue weighted by Gasteiger charge is -2.40. The molecule has 115 heavy (non-hydrogen) atoms. The molecule has 0 spiro atoms. The number of amides is 14. The molecule has 0 aromatic heterocycles. The molecular weight excluding hydrogens is 1520 g/mol. The molecule has 18 atom stereocenters. The minimum absolute atomic E-state index is 0.0382. The molecule has 14 amide bonds. The van der Waals surface area contributed by atoms with Crippen LogP contribution in [0.1, 0.15) is 130 Å². The predicted molar refractivity (Wildman–Crippen MR) is 401 cm³/mol. The van der Waals surface area contributed by atoms with Crippen LogP contribution >= 0.6 is 0 Å². The fraction of sp³-hybridized carbons (Fsp3) is 0.648. The quantitative estimate of drug-likeness (QED) is 0.0213. The van der Waals surface area contributed by atoms with Crippen LogP contribution in [-0.4, -0.2) is 302 Å². The van der Waals surface area contributed by atoms with E-state index in [1.165, 1.54) is 12.2 Å². The third-order valence-electron chi connectivity index (χ3n) is 18.5. The maximum absolute atomic E-state index is 14.5. The van der Waals surface area contributed by atoms with Gasteiger partial charge in [0.15, 0.2) is 12.3 Å². The van der Waals surface area contributed by atoms with Gasteiger partial charge in [0.25, 0.3) is 0 Å². The third-order valence-corrected chi connectivity index (χ3v) is 18.5. The van der Waals surface area contributed by atoms with Gasteiger partial charge in [-0.1, -0.05) is 62.8 Å². The minimum Gasteiger partial charge on any atom is -0.481 e. The molecule has 644 valence electrons. The molecule has 1 aromatic rings. The van der Waals surface area contributed by atoms with E-state index >= 15 is 0 Å². The molecule has 0 unspecified atom stereocenters. The summed E-state index contributed by atoms with van der Waals surface area (Å²) in [7, 11) is 0. The molecule has 0 saturated carbocycles. The van der Waals surface area contributed by atoms with Gasteiger partial charge in [0, 0.05) is 51.2 Å². The predicted octanol–water partition coefficient (Wildman–Crippen LogP) is -9.58. The Labute approximate surface area is 661 Å². The van der Waals surface area contributed by atoms with Crippen molar-refractivity contribution >= 4 is 101 Å². The average Bonchev–Trinajstić information content (AvgIpc) is 1.61. The van der Waals surface area contributed by atoms with Crippen molar-refractivity contribution in [2.75, 3.05) is 52.4 Å². The lowest BCUT2D eigenvalue weighted by molar-refractivity contribution is -0.310. The van der Waals surface area contributed by atoms with Gasteiger partial charge in [0.1, 0.15) is 72.8 Å². The van der Waals surface area contributed by atoms with E-state index in [0.29, 0.717) is 18.4 Å². The Hall–Kier alpha value is -10.4. The fourth-order valence-corrected chi connectivity index (χ4v) is 11.9. The Balaban J connectivity index is 1.85. The van der Waals surface area contributed by atoms with Gasteiger partial charge in [0.2, 0.25) is 82.7 Å². The number of carbonyl (C=O) groups excluding carboxylic acids is 14. The number of aliphatic hydroxyl groups excluding tert-OH is 5. The minimum atomic E-state index is -1.89. The summed E-state index contributed by atoms with van der Waals surface area (Å²) in [6.45, 7) is 2.12. The third kappa shape index (κ3) is 35.5. The molecule has 1 aromatic carbocycles. The summed E-state index contributed by atoms with van der Waals surface area (Å²) < 4.78 is 11.3. The number of carboxylic acid groups (broad SMARTS) is 3. The molecule has 2 fully saturated rings. The number of aliphatic hydroxyl groups is 5. The second kappa shape index (κ2) is 51.4. The van der Waals surface area contributed by atoms with Gasteiger partial charge in [-0.05, 0) is 96.1 Å². The van der Waals surface area contributed by atoms with Crippen LogP contribution in [0.15, 0.2) is 42.5 Å². The summed E-state index contributed by atoms with van der Waals surface area (Å²) >= 11 is 0. The molecule has 0 bridgehead atoms. The van der Waals surface area contributed by atoms with Gasteiger partial charge in [0.05, 0.1) is 45.0 Å². The van der Waals surface area contributed by atoms with Gasteiger partial charge < -0.3 is 142 Å². The maximum atomic E-state index is 14.5. The number of likely N-dealkylation sites (tertiary alicyclic amines) is 1. The summed E-state index contributed by atoms with van der Waals surface area (Å²) in [6.07, 6.45) is -12.2. The summed E-state index contributed by atoms with van der Waals surface area (Å²) in [4.78, 5) is 225. The molecule has 2 saturated heterocycles. The Morgan fingerprint density at radius 2 is 1.10 bits per heavy atom. The van der Waals surface area contributed by atoms with E-state index in [1.807, 2.05) is 12.2 Å². The van der Waals surface area contributed by atoms with Gasteiger partial charge in [-0.15, -0.1) is 0 Å². The standard InChI is InChI=1S/C71H113N17O27/c1-5-36(2)57(86-51(93)31-74)69(111)79-37(3)13-11-18-50(92)82-46(29-39-14-7-6-8-15-39)67(109)84-42(20-19-40(30-73)114-71-61(103)60(102)59(101)48(35-89)115-71)63(105)77-33-52(94)80-44(22-25-55(97)98)65(107)83-43(21-24-49(75)91)64(106)78-34-54(96)88-28-12-17-47(88)68(110)85-41(16-9-10-27-72)62(104)76-32-53(95)81-45(23-26-56(99)100)66(108)87-58(38(4)90)70(112)113/h6-8,11,13-15,36-38,40-48,57-61,71,89-90,101-103H,5,9-10,12,16-35,72-74H2,1-4H3,(H2,75,91)(H,76,104)(H,77,105)(H,78,106)(H,79,111)(H,80,94)(H,81,95)(H,82,92)(H,83,107)(H,84,109)(H,85,110)(H,86,93)(H,87,108)(H,97,98)(H,99,100)(H,112,113)/b13-11+/t36-,37-,38+,40+,41-,42-,43-,44-,45-,46-,47-,48+,57-,58-,59-,60-,61+,71+/m0/s1. The summed E-state index contributed by atoms with van der Waals surface area (Å²) in [5.41, 5.74) is 23.1. The Bertz CT molecular complexity index is 3490. The molecule has 2 aliphatic heterocycles. The number of rotatable bonds is 53. The van der Waals surface area contributed by atoms with E-state index in [9.17, 15) is 122 Å². The van der Waals surface area contributed by atoms with Crippen LogP contribution in [0.2, 0.25) is 0 Å². The summed E-state index contributed by atoms with van der Waals surface area (Å²) in [6, 6.07) is -6.12. The monoisotopic (exact) mass is 1640 g/mol. The number of benzene rings is 1. The van der Waals surface area contributed by atoms with Crippen LogP contribution in [0, 0.1) is 5.92 Å². The SMILES string of the molecule is CC[C@H](C)[C@H](NC(=O)CN)C(=O)N[C@@H](C)/C=C/CC(=O)N[C@@H](Cc1ccccc1)C(=O)N[C@@H](CC[C@H](CN)O[C@@H]1O[C@H](CO)[C@H](O)[C@H](O)[C@H]1O)C(=O)NCC(=O)N[C@@H](CCC(=O)O)C(=O)N[C@@H](CCC(N)=O)C(=O)NCC(=O)N1CCC[C@H]1C(=O)N[C@@H](CCCCN)C(=O)NCC(=O)N[C@@H](CCC(=O)O)C(=O)N[C@H](C(=O)O)[C@@H](C)O. The lowest BCUT2D eigenvalue weighted by Crippen LogP contribution is -2.60. The second-order valence-electron chi connectivity index (χ2n) is 27.7. The van der Waals surface area contributed by atoms with Crippen LogP contribution in [-0.2, 0) is 97.4 Å². The fourth-order valence-electron chi connectivity index (χ4n) is 11.9. The van der Waals surface area contributed by atoms with Gasteiger partial charge in [-0.25, -0.2) is 4.79 Å². The number of nitrogens with zero attached hydrogens (tertiary/aromatic N) is 1. The number of hydrogen-bond donors (Lipinski definition) is 24. The molecule has 0 aliphatic carbocycles. The first-order chi connectivity index (χ1) is 54.4. The molecule has 2 heterocycles. The van der Waals surface area contributed by atoms with Gasteiger partial charge in [-0.3, -0.25) is 76.7 Å². The number of primary amides is 1. The Morgan fingerprint density at radius 1 is 0.574 bits per heavy atom. The van der Waals surface area contributed by atoms with E-state index in [0.717, 1.165) is 11.8 Å². The van der Waals surface area contributed by atoms with Crippen molar-refractivity contribution in [3.8, 4) is 0 Å². The first kappa shape index (κ1) is 98.7. The number of carboxylic acids is 3. The van der Waals surface area contributed by atoms with E-state index in [-0.39, 0.29) is 77.0 Å². The summed E-state index contributed by atoms with van der Waals surface area (Å²) in [5, 5.41) is 108. The van der Waals surface area contributed by atoms with Crippen molar-refractivity contribution in [3.05, 3.63) is 48.0 Å². The first-order valence-corrected chi connectivity index (χ1v) is 37.6. The number of ether oxygens (including phenoxy) is 2. The molecule has 44 heteroatoms. The van der Waals surface area contributed by atoms with Crippen LogP contribution in [0.3, 0.4) is 0 Å². The topological polar surface area (TPSA) is 722 Å². The van der Waals surface area contributed by atoms with E-state index in [1.54, 1.807) is 44.2 Å². The number of carbonyl (C=O) groups is 17. The number of aliphatic carboxylic acids is 3. The largest absolute Gasteiger partial charge is 0.481 e. The molecule has 2 aliphatic rings. The smallest absolute Gasteiger partial charge is 0.328 e. The highest BCUT2D eigenvalue weighted by molar-refractivity contribution is 5.98. The Kier molecular flexibility index (Phi) is 44.1. The number of unbranched alkanes of at least 4 members (excludes halogenated alkanes) is 1. The highest BCUT2D eigenvalue weighted by Crippen LogP contribution is 2.25. The van der Waals surface area contributed by atoms with Crippen molar-refractivity contribution in [1.82, 2.24) is 68.7 Å². The van der Waals surface area contributed by atoms with Crippen molar-refractivity contribution in [2.45, 2.75) is 234 Å². The highest BCUT2D eigenvalue weighted by Gasteiger charge is 2.45. The van der Waals surface area contributed by atoms with Crippen molar-refractivity contribution in [2.24, 2.45) is 28.9 Å². The van der Waals surface area contributed by atoms with Crippen molar-refractivity contribution in [1.29, 1.82) is 0 Å². The van der Waals surface area contributed by atoms with Gasteiger partial charge >= 0.3 is 17.9 Å². The average molecular weight is 1640 g/mol. The highest BCUT2D eigenvalue weighted by atomic mass is 16.7. The number of nitrogens with two attached hydrogens (primary N) is 4. The maximum Gasteiger partial charge on any atom is 0.328 e. The second-order valence-corrected chi connectivity index (χ2v) is 27.7. The van der Waals surface area contributed by atoms with Crippen LogP contribution < -0.4 is 86.7 Å². The molecule has 44 nitrogen and oxygen atoms in total. The van der Waals surface area contributed by atoms with E-state index < -0.39 is 275 Å². The zero-order valence-corrected chi connectivity index (χ0v) is 64.5. The number of hydrogen-bond acceptors (Lipinski definition) is 27. The molecule has 28 N–H and O–H groups in total. The zero-order valence-electron chi connectivity index (χ0n) is 64.5. The van der Waals surface area contributed by atoms with Gasteiger partial charge in [-0.2, -0.15) is 0 Å². The number of nitrogens with one attached hydrogen (secondary N) is 12. The zero-order chi connectivity index (χ0) is 86.2. The lowest BCUT2D eigenvalue weighted by atomic mass is 9.98. The Morgan fingerprint density at radius 3 is 1.63 bits per heavy atom. The molecule has 3 rings (SSSR count).